The number of hydrogen-bond donors (Lipinski definition) is 1. The van der Waals surface area contributed by atoms with Crippen molar-refractivity contribution in [2.24, 2.45) is 0 Å². The van der Waals surface area contributed by atoms with Gasteiger partial charge in [0.25, 0.3) is 0 Å². The van der Waals surface area contributed by atoms with Gasteiger partial charge >= 0.3 is 0 Å². The zero-order chi connectivity index (χ0) is 12.3. The third-order valence-corrected chi connectivity index (χ3v) is 3.39. The van der Waals surface area contributed by atoms with E-state index in [-0.39, 0.29) is 6.04 Å². The second-order valence-corrected chi connectivity index (χ2v) is 4.83. The van der Waals surface area contributed by atoms with Crippen molar-refractivity contribution in [2.75, 3.05) is 19.0 Å². The van der Waals surface area contributed by atoms with Crippen LogP contribution in [-0.2, 0) is 0 Å². The van der Waals surface area contributed by atoms with Gasteiger partial charge in [-0.2, -0.15) is 0 Å². The van der Waals surface area contributed by atoms with Crippen LogP contribution in [0.4, 0.5) is 5.69 Å². The average molecular weight is 241 g/mol. The molecule has 16 heavy (non-hydrogen) atoms. The van der Waals surface area contributed by atoms with Gasteiger partial charge in [-0.15, -0.1) is 0 Å². The first-order chi connectivity index (χ1) is 7.47. The molecule has 1 rings (SSSR count). The summed E-state index contributed by atoms with van der Waals surface area (Å²) in [6.07, 6.45) is 0. The topological polar surface area (TPSA) is 15.3 Å². The highest BCUT2D eigenvalue weighted by molar-refractivity contribution is 6.31. The summed E-state index contributed by atoms with van der Waals surface area (Å²) >= 11 is 6.29. The Kier molecular flexibility index (Phi) is 4.63. The van der Waals surface area contributed by atoms with Crippen molar-refractivity contribution in [1.82, 2.24) is 5.32 Å². The highest BCUT2D eigenvalue weighted by Crippen LogP contribution is 2.27. The minimum Gasteiger partial charge on any atom is -0.372 e. The standard InChI is InChI=1S/C13H21ClN2/c1-9(2)16(5)11-6-7-12(10(3)15-4)13(14)8-11/h6-10,15H,1-5H3. The third kappa shape index (κ3) is 2.89. The van der Waals surface area contributed by atoms with Gasteiger partial charge in [-0.3, -0.25) is 0 Å². The van der Waals surface area contributed by atoms with E-state index in [1.54, 1.807) is 0 Å². The zero-order valence-electron chi connectivity index (χ0n) is 10.7. The number of anilines is 1. The molecular weight excluding hydrogens is 220 g/mol. The lowest BCUT2D eigenvalue weighted by atomic mass is 10.1. The van der Waals surface area contributed by atoms with Gasteiger partial charge in [-0.05, 0) is 45.5 Å². The molecule has 0 fully saturated rings. The second kappa shape index (κ2) is 5.55. The average Bonchev–Trinajstić information content (AvgIpc) is 2.26. The van der Waals surface area contributed by atoms with Crippen LogP contribution in [-0.4, -0.2) is 20.1 Å². The monoisotopic (exact) mass is 240 g/mol. The van der Waals surface area contributed by atoms with Crippen molar-refractivity contribution in [3.05, 3.63) is 28.8 Å². The molecule has 0 saturated carbocycles. The van der Waals surface area contributed by atoms with Crippen molar-refractivity contribution >= 4 is 17.3 Å². The van der Waals surface area contributed by atoms with Gasteiger partial charge in [0.2, 0.25) is 0 Å². The van der Waals surface area contributed by atoms with Crippen LogP contribution in [0.25, 0.3) is 0 Å². The summed E-state index contributed by atoms with van der Waals surface area (Å²) in [6, 6.07) is 7.01. The normalized spacial score (nSPS) is 12.9. The van der Waals surface area contributed by atoms with E-state index in [2.05, 4.69) is 50.2 Å². The quantitative estimate of drug-likeness (QED) is 0.867. The molecule has 0 radical (unpaired) electrons. The zero-order valence-corrected chi connectivity index (χ0v) is 11.5. The van der Waals surface area contributed by atoms with Crippen LogP contribution >= 0.6 is 11.6 Å². The summed E-state index contributed by atoms with van der Waals surface area (Å²) in [4.78, 5) is 2.21. The Bertz CT molecular complexity index is 350. The van der Waals surface area contributed by atoms with Gasteiger partial charge < -0.3 is 10.2 Å². The maximum absolute atomic E-state index is 6.29. The molecule has 0 saturated heterocycles. The van der Waals surface area contributed by atoms with Crippen molar-refractivity contribution in [1.29, 1.82) is 0 Å². The van der Waals surface area contributed by atoms with E-state index >= 15 is 0 Å². The Hall–Kier alpha value is -0.730. The molecule has 0 aliphatic carbocycles. The van der Waals surface area contributed by atoms with E-state index in [4.69, 9.17) is 11.6 Å². The Labute approximate surface area is 104 Å². The number of nitrogens with one attached hydrogen (secondary N) is 1. The Balaban J connectivity index is 2.99. The smallest absolute Gasteiger partial charge is 0.0474 e. The van der Waals surface area contributed by atoms with Crippen LogP contribution in [0.3, 0.4) is 0 Å². The van der Waals surface area contributed by atoms with Crippen LogP contribution in [0.1, 0.15) is 32.4 Å². The Morgan fingerprint density at radius 1 is 1.25 bits per heavy atom. The largest absolute Gasteiger partial charge is 0.372 e. The first-order valence-electron chi connectivity index (χ1n) is 5.67. The molecule has 2 nitrogen and oxygen atoms in total. The summed E-state index contributed by atoms with van der Waals surface area (Å²) in [7, 11) is 4.02. The summed E-state index contributed by atoms with van der Waals surface area (Å²) in [5.41, 5.74) is 2.30. The first-order valence-corrected chi connectivity index (χ1v) is 6.04. The molecule has 0 aromatic heterocycles. The van der Waals surface area contributed by atoms with E-state index in [1.165, 1.54) is 0 Å². The van der Waals surface area contributed by atoms with Gasteiger partial charge in [0, 0.05) is 29.8 Å². The first kappa shape index (κ1) is 13.3. The van der Waals surface area contributed by atoms with Gasteiger partial charge in [0.15, 0.2) is 0 Å². The number of halogens is 1. The fraction of sp³-hybridized carbons (Fsp3) is 0.538. The number of rotatable bonds is 4. The molecule has 0 aliphatic rings. The molecule has 3 heteroatoms. The highest BCUT2D eigenvalue weighted by atomic mass is 35.5. The summed E-state index contributed by atoms with van der Waals surface area (Å²) < 4.78 is 0. The van der Waals surface area contributed by atoms with E-state index in [0.29, 0.717) is 6.04 Å². The minimum absolute atomic E-state index is 0.283. The lowest BCUT2D eigenvalue weighted by Gasteiger charge is -2.25. The van der Waals surface area contributed by atoms with Gasteiger partial charge in [-0.25, -0.2) is 0 Å². The maximum Gasteiger partial charge on any atom is 0.0474 e. The van der Waals surface area contributed by atoms with Gasteiger partial charge in [0.05, 0.1) is 0 Å². The molecule has 90 valence electrons. The number of hydrogen-bond acceptors (Lipinski definition) is 2. The molecule has 1 aromatic rings. The van der Waals surface area contributed by atoms with Crippen molar-refractivity contribution in [2.45, 2.75) is 32.9 Å². The molecule has 0 aliphatic heterocycles. The maximum atomic E-state index is 6.29. The minimum atomic E-state index is 0.283. The highest BCUT2D eigenvalue weighted by Gasteiger charge is 2.11. The fourth-order valence-corrected chi connectivity index (χ4v) is 1.88. The molecule has 0 spiro atoms. The third-order valence-electron chi connectivity index (χ3n) is 3.07. The van der Waals surface area contributed by atoms with Crippen molar-refractivity contribution in [3.63, 3.8) is 0 Å². The predicted molar refractivity (Wildman–Crippen MR) is 72.5 cm³/mol. The lowest BCUT2D eigenvalue weighted by molar-refractivity contribution is 0.652. The molecule has 1 unspecified atom stereocenters. The number of nitrogens with zero attached hydrogens (tertiary/aromatic N) is 1. The molecule has 1 N–H and O–H groups in total. The van der Waals surface area contributed by atoms with Crippen LogP contribution in [0.15, 0.2) is 18.2 Å². The lowest BCUT2D eigenvalue weighted by Crippen LogP contribution is -2.25. The number of benzene rings is 1. The van der Waals surface area contributed by atoms with E-state index in [1.807, 2.05) is 13.1 Å². The second-order valence-electron chi connectivity index (χ2n) is 4.42. The predicted octanol–water partition coefficient (Wildman–Crippen LogP) is 3.47. The Morgan fingerprint density at radius 3 is 2.31 bits per heavy atom. The molecule has 1 aromatic carbocycles. The van der Waals surface area contributed by atoms with Crippen LogP contribution < -0.4 is 10.2 Å². The Morgan fingerprint density at radius 2 is 1.88 bits per heavy atom. The summed E-state index contributed by atoms with van der Waals surface area (Å²) in [6.45, 7) is 6.43. The molecule has 0 heterocycles. The summed E-state index contributed by atoms with van der Waals surface area (Å²) in [5, 5.41) is 4.02. The van der Waals surface area contributed by atoms with Crippen molar-refractivity contribution < 1.29 is 0 Å². The SMILES string of the molecule is CNC(C)c1ccc(N(C)C(C)C)cc1Cl. The summed E-state index contributed by atoms with van der Waals surface area (Å²) in [5.74, 6) is 0. The van der Waals surface area contributed by atoms with Crippen LogP contribution in [0, 0.1) is 0 Å². The molecule has 0 bridgehead atoms. The van der Waals surface area contributed by atoms with E-state index in [9.17, 15) is 0 Å². The van der Waals surface area contributed by atoms with E-state index in [0.717, 1.165) is 16.3 Å². The van der Waals surface area contributed by atoms with Crippen LogP contribution in [0.5, 0.6) is 0 Å². The van der Waals surface area contributed by atoms with E-state index < -0.39 is 0 Å². The van der Waals surface area contributed by atoms with Gasteiger partial charge in [0.1, 0.15) is 0 Å². The molecular formula is C13H21ClN2. The van der Waals surface area contributed by atoms with Crippen LogP contribution in [0.2, 0.25) is 5.02 Å². The molecule has 1 atom stereocenters. The fourth-order valence-electron chi connectivity index (χ4n) is 1.54. The van der Waals surface area contributed by atoms with Gasteiger partial charge in [-0.1, -0.05) is 17.7 Å². The van der Waals surface area contributed by atoms with Crippen molar-refractivity contribution in [3.8, 4) is 0 Å². The molecule has 0 amide bonds.